The Balaban J connectivity index is 1.28. The van der Waals surface area contributed by atoms with E-state index in [4.69, 9.17) is 4.74 Å². The lowest BCUT2D eigenvalue weighted by atomic mass is 9.76. The molecule has 4 rings (SSSR count). The molecule has 8 nitrogen and oxygen atoms in total. The number of hydrogen-bond donors (Lipinski definition) is 1. The van der Waals surface area contributed by atoms with Crippen LogP contribution in [0.5, 0.6) is 0 Å². The van der Waals surface area contributed by atoms with Crippen molar-refractivity contribution in [3.05, 3.63) is 12.2 Å². The Kier molecular flexibility index (Phi) is 5.22. The number of nitrogens with zero attached hydrogens (tertiary/aromatic N) is 5. The SMILES string of the molecule is C[C@@H]1CCN(C[C@H]2CC3(CCN(C(=O)c4ncnn4C)CC3)CO2)C[C@H]1O. The topological polar surface area (TPSA) is 83.7 Å². The molecule has 1 N–H and O–H groups in total. The van der Waals surface area contributed by atoms with Crippen molar-refractivity contribution >= 4 is 5.91 Å². The third-order valence-corrected chi connectivity index (χ3v) is 6.76. The van der Waals surface area contributed by atoms with E-state index in [1.54, 1.807) is 7.05 Å². The molecule has 3 saturated heterocycles. The van der Waals surface area contributed by atoms with Crippen LogP contribution in [0, 0.1) is 11.3 Å². The Morgan fingerprint density at radius 3 is 2.81 bits per heavy atom. The molecule has 1 amide bonds. The molecule has 3 atom stereocenters. The van der Waals surface area contributed by atoms with E-state index in [9.17, 15) is 9.90 Å². The monoisotopic (exact) mass is 377 g/mol. The number of aryl methyl sites for hydroxylation is 1. The van der Waals surface area contributed by atoms with Gasteiger partial charge >= 0.3 is 0 Å². The van der Waals surface area contributed by atoms with Gasteiger partial charge in [0.05, 0.1) is 18.8 Å². The molecule has 4 heterocycles. The quantitative estimate of drug-likeness (QED) is 0.827. The largest absolute Gasteiger partial charge is 0.392 e. The van der Waals surface area contributed by atoms with Gasteiger partial charge in [0.2, 0.25) is 5.82 Å². The van der Waals surface area contributed by atoms with Gasteiger partial charge in [-0.2, -0.15) is 5.10 Å². The lowest BCUT2D eigenvalue weighted by Gasteiger charge is -2.38. The maximum absolute atomic E-state index is 12.6. The summed E-state index contributed by atoms with van der Waals surface area (Å²) < 4.78 is 7.68. The molecule has 3 fully saturated rings. The van der Waals surface area contributed by atoms with Crippen molar-refractivity contribution in [2.75, 3.05) is 39.3 Å². The highest BCUT2D eigenvalue weighted by Crippen LogP contribution is 2.42. The van der Waals surface area contributed by atoms with Gasteiger partial charge in [0.25, 0.3) is 5.91 Å². The van der Waals surface area contributed by atoms with E-state index in [-0.39, 0.29) is 23.5 Å². The zero-order valence-electron chi connectivity index (χ0n) is 16.4. The number of carbonyl (C=O) groups is 1. The standard InChI is InChI=1S/C19H31N5O3/c1-14-3-6-23(11-16(14)25)10-15-9-19(12-27-15)4-7-24(8-5-19)18(26)17-20-13-21-22(17)2/h13-16,25H,3-12H2,1-2H3/t14-,15-,16-/m1/s1. The second-order valence-electron chi connectivity index (χ2n) is 8.73. The van der Waals surface area contributed by atoms with E-state index in [0.29, 0.717) is 11.7 Å². The fourth-order valence-electron chi connectivity index (χ4n) is 4.74. The van der Waals surface area contributed by atoms with Crippen LogP contribution in [0.2, 0.25) is 0 Å². The van der Waals surface area contributed by atoms with Crippen LogP contribution < -0.4 is 0 Å². The lowest BCUT2D eigenvalue weighted by Crippen LogP contribution is -2.46. The van der Waals surface area contributed by atoms with Gasteiger partial charge in [-0.1, -0.05) is 6.92 Å². The van der Waals surface area contributed by atoms with Crippen LogP contribution >= 0.6 is 0 Å². The first-order chi connectivity index (χ1) is 13.0. The van der Waals surface area contributed by atoms with Crippen LogP contribution in [0.15, 0.2) is 6.33 Å². The van der Waals surface area contributed by atoms with Gasteiger partial charge in [-0.25, -0.2) is 9.67 Å². The number of ether oxygens (including phenoxy) is 1. The third-order valence-electron chi connectivity index (χ3n) is 6.76. The van der Waals surface area contributed by atoms with Gasteiger partial charge in [0.15, 0.2) is 0 Å². The number of aromatic nitrogens is 3. The second-order valence-corrected chi connectivity index (χ2v) is 8.73. The summed E-state index contributed by atoms with van der Waals surface area (Å²) in [7, 11) is 1.75. The minimum atomic E-state index is -0.219. The van der Waals surface area contributed by atoms with E-state index in [1.807, 2.05) is 4.90 Å². The summed E-state index contributed by atoms with van der Waals surface area (Å²) in [6.07, 6.45) is 5.51. The summed E-state index contributed by atoms with van der Waals surface area (Å²) in [4.78, 5) is 20.9. The van der Waals surface area contributed by atoms with Crippen LogP contribution in [0.1, 0.15) is 43.2 Å². The normalized spacial score (nSPS) is 31.5. The molecule has 1 aromatic rings. The molecular weight excluding hydrogens is 346 g/mol. The van der Waals surface area contributed by atoms with E-state index in [0.717, 1.165) is 65.0 Å². The predicted octanol–water partition coefficient (Wildman–Crippen LogP) is 0.529. The summed E-state index contributed by atoms with van der Waals surface area (Å²) in [5.41, 5.74) is 0.197. The number of aliphatic hydroxyl groups is 1. The number of carbonyl (C=O) groups excluding carboxylic acids is 1. The van der Waals surface area contributed by atoms with Crippen molar-refractivity contribution < 1.29 is 14.6 Å². The highest BCUT2D eigenvalue weighted by Gasteiger charge is 2.44. The maximum Gasteiger partial charge on any atom is 0.291 e. The molecule has 1 aromatic heterocycles. The minimum Gasteiger partial charge on any atom is -0.392 e. The molecule has 27 heavy (non-hydrogen) atoms. The van der Waals surface area contributed by atoms with Crippen LogP contribution in [0.25, 0.3) is 0 Å². The zero-order valence-corrected chi connectivity index (χ0v) is 16.4. The average molecular weight is 377 g/mol. The van der Waals surface area contributed by atoms with Gasteiger partial charge in [-0.3, -0.25) is 9.69 Å². The van der Waals surface area contributed by atoms with E-state index in [1.165, 1.54) is 11.0 Å². The first kappa shape index (κ1) is 18.8. The van der Waals surface area contributed by atoms with Crippen molar-refractivity contribution in [3.8, 4) is 0 Å². The molecule has 0 aromatic carbocycles. The van der Waals surface area contributed by atoms with Crippen LogP contribution in [-0.2, 0) is 11.8 Å². The molecule has 1 spiro atoms. The van der Waals surface area contributed by atoms with E-state index >= 15 is 0 Å². The number of hydrogen-bond acceptors (Lipinski definition) is 6. The van der Waals surface area contributed by atoms with Gasteiger partial charge in [-0.15, -0.1) is 0 Å². The molecule has 8 heteroatoms. The molecular formula is C19H31N5O3. The fraction of sp³-hybridized carbons (Fsp3) is 0.842. The van der Waals surface area contributed by atoms with Crippen molar-refractivity contribution in [2.45, 2.75) is 44.8 Å². The minimum absolute atomic E-state index is 0.0308. The van der Waals surface area contributed by atoms with Gasteiger partial charge in [-0.05, 0) is 43.6 Å². The number of likely N-dealkylation sites (tertiary alicyclic amines) is 2. The van der Waals surface area contributed by atoms with E-state index in [2.05, 4.69) is 21.9 Å². The van der Waals surface area contributed by atoms with Gasteiger partial charge < -0.3 is 14.7 Å². The molecule has 0 unspecified atom stereocenters. The van der Waals surface area contributed by atoms with Crippen LogP contribution in [0.4, 0.5) is 0 Å². The Bertz CT molecular complexity index is 670. The summed E-state index contributed by atoms with van der Waals surface area (Å²) in [6, 6.07) is 0. The van der Waals surface area contributed by atoms with Gasteiger partial charge in [0.1, 0.15) is 6.33 Å². The first-order valence-corrected chi connectivity index (χ1v) is 10.1. The Labute approximate surface area is 160 Å². The highest BCUT2D eigenvalue weighted by atomic mass is 16.5. The molecule has 0 saturated carbocycles. The molecule has 150 valence electrons. The first-order valence-electron chi connectivity index (χ1n) is 10.1. The van der Waals surface area contributed by atoms with Gasteiger partial charge in [0, 0.05) is 33.2 Å². The number of rotatable bonds is 3. The number of β-amino-alcohol motifs (C(OH)–C–C–N with tert-alkyl or cyclic N) is 1. The molecule has 3 aliphatic heterocycles. The smallest absolute Gasteiger partial charge is 0.291 e. The van der Waals surface area contributed by atoms with Crippen molar-refractivity contribution in [2.24, 2.45) is 18.4 Å². The van der Waals surface area contributed by atoms with Crippen molar-refractivity contribution in [1.29, 1.82) is 0 Å². The molecule has 3 aliphatic rings. The third kappa shape index (κ3) is 3.88. The second kappa shape index (κ2) is 7.48. The average Bonchev–Trinajstić information content (AvgIpc) is 3.25. The molecule has 0 radical (unpaired) electrons. The van der Waals surface area contributed by atoms with Crippen LogP contribution in [0.3, 0.4) is 0 Å². The maximum atomic E-state index is 12.6. The number of amides is 1. The summed E-state index contributed by atoms with van der Waals surface area (Å²) in [5.74, 6) is 0.772. The lowest BCUT2D eigenvalue weighted by molar-refractivity contribution is 0.000893. The predicted molar refractivity (Wildman–Crippen MR) is 99.2 cm³/mol. The Morgan fingerprint density at radius 1 is 1.37 bits per heavy atom. The highest BCUT2D eigenvalue weighted by molar-refractivity contribution is 5.90. The summed E-state index contributed by atoms with van der Waals surface area (Å²) in [6.45, 7) is 7.13. The number of aliphatic hydroxyl groups excluding tert-OH is 1. The molecule has 0 bridgehead atoms. The molecule has 0 aliphatic carbocycles. The van der Waals surface area contributed by atoms with Crippen LogP contribution in [-0.4, -0.2) is 87.1 Å². The Morgan fingerprint density at radius 2 is 2.15 bits per heavy atom. The fourth-order valence-corrected chi connectivity index (χ4v) is 4.74. The van der Waals surface area contributed by atoms with Crippen molar-refractivity contribution in [1.82, 2.24) is 24.6 Å². The summed E-state index contributed by atoms with van der Waals surface area (Å²) in [5, 5.41) is 14.1. The van der Waals surface area contributed by atoms with Crippen molar-refractivity contribution in [3.63, 3.8) is 0 Å². The summed E-state index contributed by atoms with van der Waals surface area (Å²) >= 11 is 0. The Hall–Kier alpha value is -1.51. The zero-order chi connectivity index (χ0) is 19.0. The van der Waals surface area contributed by atoms with E-state index < -0.39 is 0 Å². The number of piperidine rings is 2.